The molecule has 2 aromatic rings. The van der Waals surface area contributed by atoms with E-state index in [9.17, 15) is 9.18 Å². The van der Waals surface area contributed by atoms with Gasteiger partial charge in [-0.15, -0.1) is 0 Å². The van der Waals surface area contributed by atoms with Gasteiger partial charge in [0.25, 0.3) is 0 Å². The lowest BCUT2D eigenvalue weighted by Gasteiger charge is -2.07. The van der Waals surface area contributed by atoms with Gasteiger partial charge in [0.2, 0.25) is 0 Å². The lowest BCUT2D eigenvalue weighted by Crippen LogP contribution is -2.08. The minimum Gasteiger partial charge on any atom is -0.398 e. The molecule has 0 unspecified atom stereocenters. The van der Waals surface area contributed by atoms with Crippen LogP contribution in [0, 0.1) is 5.82 Å². The monoisotopic (exact) mass is 297 g/mol. The van der Waals surface area contributed by atoms with Crippen molar-refractivity contribution in [3.63, 3.8) is 0 Å². The van der Waals surface area contributed by atoms with Crippen molar-refractivity contribution in [2.45, 2.75) is 6.42 Å². The Balaban J connectivity index is 2.31. The molecule has 0 bridgehead atoms. The third kappa shape index (κ3) is 3.06. The lowest BCUT2D eigenvalue weighted by molar-refractivity contribution is 0.0992. The van der Waals surface area contributed by atoms with E-state index in [0.717, 1.165) is 0 Å². The molecule has 0 spiro atoms. The molecule has 0 atom stereocenters. The number of rotatable bonds is 3. The molecule has 2 aromatic carbocycles. The highest BCUT2D eigenvalue weighted by atomic mass is 35.5. The molecular formula is C14H10Cl2FNO. The van der Waals surface area contributed by atoms with Crippen LogP contribution in [-0.4, -0.2) is 5.78 Å². The first-order chi connectivity index (χ1) is 8.99. The fourth-order valence-corrected chi connectivity index (χ4v) is 2.15. The van der Waals surface area contributed by atoms with Gasteiger partial charge in [-0.3, -0.25) is 4.79 Å². The number of carbonyl (C=O) groups is 1. The first-order valence-corrected chi connectivity index (χ1v) is 6.25. The normalized spacial score (nSPS) is 10.5. The average Bonchev–Trinajstić information content (AvgIpc) is 2.33. The van der Waals surface area contributed by atoms with Crippen LogP contribution in [0.4, 0.5) is 10.1 Å². The van der Waals surface area contributed by atoms with E-state index in [-0.39, 0.29) is 28.5 Å². The maximum atomic E-state index is 13.6. The Hall–Kier alpha value is -1.58. The van der Waals surface area contributed by atoms with E-state index in [1.807, 2.05) is 0 Å². The first-order valence-electron chi connectivity index (χ1n) is 5.50. The highest BCUT2D eigenvalue weighted by Gasteiger charge is 2.15. The predicted molar refractivity (Wildman–Crippen MR) is 75.3 cm³/mol. The maximum absolute atomic E-state index is 13.6. The Bertz CT molecular complexity index is 623. The van der Waals surface area contributed by atoms with Gasteiger partial charge >= 0.3 is 0 Å². The zero-order valence-corrected chi connectivity index (χ0v) is 11.3. The van der Waals surface area contributed by atoms with Crippen molar-refractivity contribution in [3.05, 3.63) is 63.4 Å². The third-order valence-electron chi connectivity index (χ3n) is 2.71. The summed E-state index contributed by atoms with van der Waals surface area (Å²) in [5.74, 6) is -0.811. The van der Waals surface area contributed by atoms with Gasteiger partial charge in [0, 0.05) is 33.3 Å². The summed E-state index contributed by atoms with van der Waals surface area (Å²) in [4.78, 5) is 12.1. The summed E-state index contributed by atoms with van der Waals surface area (Å²) in [6, 6.07) is 8.86. The fraction of sp³-hybridized carbons (Fsp3) is 0.0714. The Morgan fingerprint density at radius 2 is 1.95 bits per heavy atom. The van der Waals surface area contributed by atoms with Gasteiger partial charge in [0.1, 0.15) is 5.82 Å². The molecule has 0 radical (unpaired) electrons. The molecule has 0 amide bonds. The fourth-order valence-electron chi connectivity index (χ4n) is 1.74. The van der Waals surface area contributed by atoms with Crippen LogP contribution in [0.3, 0.4) is 0 Å². The molecule has 0 heterocycles. The molecule has 0 aliphatic heterocycles. The summed E-state index contributed by atoms with van der Waals surface area (Å²) in [5, 5.41) is 0.666. The summed E-state index contributed by atoms with van der Waals surface area (Å²) in [6.07, 6.45) is -0.142. The number of Topliss-reactive ketones (excluding diaryl/α,β-unsaturated/α-hetero) is 1. The molecule has 0 saturated carbocycles. The second kappa shape index (κ2) is 5.59. The number of anilines is 1. The van der Waals surface area contributed by atoms with Crippen LogP contribution in [0.1, 0.15) is 15.9 Å². The number of ketones is 1. The van der Waals surface area contributed by atoms with E-state index in [1.165, 1.54) is 24.3 Å². The molecule has 2 N–H and O–H groups in total. The van der Waals surface area contributed by atoms with Gasteiger partial charge < -0.3 is 5.73 Å². The van der Waals surface area contributed by atoms with Gasteiger partial charge in [-0.05, 0) is 30.3 Å². The highest BCUT2D eigenvalue weighted by Crippen LogP contribution is 2.24. The second-order valence-corrected chi connectivity index (χ2v) is 4.88. The number of hydrogen-bond acceptors (Lipinski definition) is 2. The Morgan fingerprint density at radius 1 is 1.21 bits per heavy atom. The number of benzene rings is 2. The zero-order valence-electron chi connectivity index (χ0n) is 9.79. The molecule has 5 heteroatoms. The number of nitrogen functional groups attached to an aromatic ring is 1. The van der Waals surface area contributed by atoms with E-state index in [1.54, 1.807) is 12.1 Å². The van der Waals surface area contributed by atoms with Crippen LogP contribution in [0.2, 0.25) is 10.0 Å². The van der Waals surface area contributed by atoms with Crippen molar-refractivity contribution in [1.29, 1.82) is 0 Å². The maximum Gasteiger partial charge on any atom is 0.169 e. The van der Waals surface area contributed by atoms with Crippen LogP contribution in [0.15, 0.2) is 36.4 Å². The first kappa shape index (κ1) is 13.8. The summed E-state index contributed by atoms with van der Waals surface area (Å²) in [7, 11) is 0. The minimum absolute atomic E-state index is 0.142. The van der Waals surface area contributed by atoms with Crippen molar-refractivity contribution in [1.82, 2.24) is 0 Å². The van der Waals surface area contributed by atoms with Gasteiger partial charge in [-0.25, -0.2) is 4.39 Å². The van der Waals surface area contributed by atoms with Crippen LogP contribution in [0.25, 0.3) is 0 Å². The Morgan fingerprint density at radius 3 is 2.58 bits per heavy atom. The number of carbonyl (C=O) groups excluding carboxylic acids is 1. The standard InChI is InChI=1S/C14H10Cl2FNO/c15-8-4-5-9(13(18)6-8)14(19)7-10-11(16)2-1-3-12(10)17/h1-6H,7,18H2. The number of hydrogen-bond donors (Lipinski definition) is 1. The zero-order chi connectivity index (χ0) is 14.0. The van der Waals surface area contributed by atoms with E-state index in [4.69, 9.17) is 28.9 Å². The van der Waals surface area contributed by atoms with Gasteiger partial charge in [0.05, 0.1) is 0 Å². The lowest BCUT2D eigenvalue weighted by atomic mass is 10.0. The molecule has 0 aromatic heterocycles. The van der Waals surface area contributed by atoms with Crippen molar-refractivity contribution in [3.8, 4) is 0 Å². The largest absolute Gasteiger partial charge is 0.398 e. The van der Waals surface area contributed by atoms with Crippen LogP contribution < -0.4 is 5.73 Å². The van der Waals surface area contributed by atoms with Gasteiger partial charge in [-0.2, -0.15) is 0 Å². The Kier molecular flexibility index (Phi) is 4.08. The third-order valence-corrected chi connectivity index (χ3v) is 3.30. The highest BCUT2D eigenvalue weighted by molar-refractivity contribution is 6.32. The van der Waals surface area contributed by atoms with Crippen LogP contribution in [0.5, 0.6) is 0 Å². The van der Waals surface area contributed by atoms with Crippen molar-refractivity contribution in [2.24, 2.45) is 0 Å². The van der Waals surface area contributed by atoms with E-state index in [0.29, 0.717) is 10.6 Å². The number of nitrogens with two attached hydrogens (primary N) is 1. The molecule has 0 aliphatic rings. The molecule has 2 rings (SSSR count). The van der Waals surface area contributed by atoms with Crippen molar-refractivity contribution < 1.29 is 9.18 Å². The second-order valence-electron chi connectivity index (χ2n) is 4.03. The van der Waals surface area contributed by atoms with Crippen LogP contribution >= 0.6 is 23.2 Å². The summed E-state index contributed by atoms with van der Waals surface area (Å²) >= 11 is 11.6. The van der Waals surface area contributed by atoms with Crippen molar-refractivity contribution in [2.75, 3.05) is 5.73 Å². The predicted octanol–water partition coefficient (Wildman–Crippen LogP) is 4.14. The summed E-state index contributed by atoms with van der Waals surface area (Å²) < 4.78 is 13.6. The Labute approximate surface area is 119 Å². The average molecular weight is 298 g/mol. The molecule has 2 nitrogen and oxygen atoms in total. The summed E-state index contributed by atoms with van der Waals surface area (Å²) in [6.45, 7) is 0. The molecule has 0 fully saturated rings. The topological polar surface area (TPSA) is 43.1 Å². The molecule has 0 saturated heterocycles. The molecule has 98 valence electrons. The van der Waals surface area contributed by atoms with Crippen LogP contribution in [-0.2, 0) is 6.42 Å². The van der Waals surface area contributed by atoms with E-state index >= 15 is 0 Å². The van der Waals surface area contributed by atoms with E-state index < -0.39 is 5.82 Å². The molecule has 0 aliphatic carbocycles. The minimum atomic E-state index is -0.506. The van der Waals surface area contributed by atoms with Crippen molar-refractivity contribution >= 4 is 34.7 Å². The van der Waals surface area contributed by atoms with Gasteiger partial charge in [0.15, 0.2) is 5.78 Å². The quantitative estimate of drug-likeness (QED) is 0.683. The summed E-state index contributed by atoms with van der Waals surface area (Å²) in [5.41, 5.74) is 6.47. The molecular weight excluding hydrogens is 288 g/mol. The van der Waals surface area contributed by atoms with Gasteiger partial charge in [-0.1, -0.05) is 29.3 Å². The number of halogens is 3. The van der Waals surface area contributed by atoms with E-state index in [2.05, 4.69) is 0 Å². The smallest absolute Gasteiger partial charge is 0.169 e. The SMILES string of the molecule is Nc1cc(Cl)ccc1C(=O)Cc1c(F)cccc1Cl. The molecule has 19 heavy (non-hydrogen) atoms.